The third kappa shape index (κ3) is 2.58. The Bertz CT molecular complexity index is 617. The van der Waals surface area contributed by atoms with Crippen LogP contribution in [0.25, 0.3) is 0 Å². The highest BCUT2D eigenvalue weighted by Crippen LogP contribution is 2.60. The average Bonchev–Trinajstić information content (AvgIpc) is 2.44. The van der Waals surface area contributed by atoms with E-state index in [2.05, 4.69) is 68.0 Å². The molecule has 4 bridgehead atoms. The normalized spacial score (nSPS) is 35.5. The third-order valence-electron chi connectivity index (χ3n) is 8.14. The van der Waals surface area contributed by atoms with Crippen LogP contribution in [0.5, 0.6) is 0 Å². The van der Waals surface area contributed by atoms with Crippen LogP contribution < -0.4 is 5.19 Å². The maximum absolute atomic E-state index is 3.79. The van der Waals surface area contributed by atoms with Crippen molar-refractivity contribution in [3.05, 3.63) is 28.2 Å². The molecule has 0 radical (unpaired) electrons. The molecule has 4 saturated carbocycles. The second-order valence-electron chi connectivity index (χ2n) is 10.8. The van der Waals surface area contributed by atoms with Crippen LogP contribution in [-0.2, 0) is 5.41 Å². The zero-order valence-corrected chi connectivity index (χ0v) is 18.7. The zero-order chi connectivity index (χ0) is 17.3. The van der Waals surface area contributed by atoms with Crippen molar-refractivity contribution in [2.24, 2.45) is 17.8 Å². The third-order valence-corrected chi connectivity index (χ3v) is 14.1. The van der Waals surface area contributed by atoms with E-state index in [1.165, 1.54) is 43.0 Å². The molecule has 1 aromatic carbocycles. The van der Waals surface area contributed by atoms with Gasteiger partial charge in [-0.1, -0.05) is 61.0 Å². The van der Waals surface area contributed by atoms with Gasteiger partial charge in [-0.15, -0.1) is 0 Å². The Kier molecular flexibility index (Phi) is 3.94. The SMILES string of the molecule is CC(C)(C)[Si](C)(C)c1cc(Br)ccc1C12CC3CC(CC(C3)C1)C2. The molecule has 0 aromatic heterocycles. The van der Waals surface area contributed by atoms with Crippen LogP contribution in [0.15, 0.2) is 22.7 Å². The average molecular weight is 405 g/mol. The number of benzene rings is 1. The van der Waals surface area contributed by atoms with Crippen molar-refractivity contribution >= 4 is 29.2 Å². The topological polar surface area (TPSA) is 0 Å². The predicted molar refractivity (Wildman–Crippen MR) is 111 cm³/mol. The fourth-order valence-electron chi connectivity index (χ4n) is 6.34. The largest absolute Gasteiger partial charge is 0.0863 e. The summed E-state index contributed by atoms with van der Waals surface area (Å²) in [7, 11) is -1.54. The highest BCUT2D eigenvalue weighted by Gasteiger charge is 2.53. The molecule has 0 nitrogen and oxygen atoms in total. The van der Waals surface area contributed by atoms with Gasteiger partial charge in [-0.3, -0.25) is 0 Å². The number of halogens is 1. The second-order valence-corrected chi connectivity index (χ2v) is 17.0. The van der Waals surface area contributed by atoms with Crippen LogP contribution in [0.1, 0.15) is 64.9 Å². The van der Waals surface area contributed by atoms with E-state index in [0.29, 0.717) is 10.5 Å². The van der Waals surface area contributed by atoms with E-state index in [1.54, 1.807) is 10.8 Å². The highest BCUT2D eigenvalue weighted by molar-refractivity contribution is 9.10. The maximum atomic E-state index is 3.79. The molecule has 24 heavy (non-hydrogen) atoms. The van der Waals surface area contributed by atoms with Gasteiger partial charge in [0.25, 0.3) is 0 Å². The van der Waals surface area contributed by atoms with Crippen molar-refractivity contribution in [1.29, 1.82) is 0 Å². The minimum absolute atomic E-state index is 0.394. The summed E-state index contributed by atoms with van der Waals surface area (Å²) in [6, 6.07) is 7.35. The standard InChI is InChI=1S/C22H33BrSi/c1-21(2,3)24(4,5)20-11-18(23)6-7-19(20)22-12-15-8-16(13-22)10-17(9-15)14-22/h6-7,11,15-17H,8-10,12-14H2,1-5H3. The molecule has 4 aliphatic carbocycles. The lowest BCUT2D eigenvalue weighted by Crippen LogP contribution is -2.56. The maximum Gasteiger partial charge on any atom is 0.0863 e. The first-order valence-corrected chi connectivity index (χ1v) is 13.7. The van der Waals surface area contributed by atoms with Gasteiger partial charge in [0.15, 0.2) is 0 Å². The van der Waals surface area contributed by atoms with Crippen molar-refractivity contribution in [3.63, 3.8) is 0 Å². The Hall–Kier alpha value is -0.0831. The van der Waals surface area contributed by atoms with Crippen LogP contribution in [0.3, 0.4) is 0 Å². The fraction of sp³-hybridized carbons (Fsp3) is 0.727. The number of hydrogen-bond acceptors (Lipinski definition) is 0. The van der Waals surface area contributed by atoms with Crippen LogP contribution >= 0.6 is 15.9 Å². The molecule has 0 aliphatic heterocycles. The summed E-state index contributed by atoms with van der Waals surface area (Å²) in [5.41, 5.74) is 2.27. The first-order chi connectivity index (χ1) is 11.1. The van der Waals surface area contributed by atoms with Gasteiger partial charge in [-0.05, 0) is 84.4 Å². The Morgan fingerprint density at radius 1 is 0.958 bits per heavy atom. The summed E-state index contributed by atoms with van der Waals surface area (Å²) in [6.07, 6.45) is 9.02. The Morgan fingerprint density at radius 2 is 1.46 bits per heavy atom. The quantitative estimate of drug-likeness (QED) is 0.484. The molecule has 0 N–H and O–H groups in total. The van der Waals surface area contributed by atoms with Crippen molar-refractivity contribution in [1.82, 2.24) is 0 Å². The summed E-state index contributed by atoms with van der Waals surface area (Å²) in [4.78, 5) is 0. The van der Waals surface area contributed by atoms with Gasteiger partial charge in [0.2, 0.25) is 0 Å². The predicted octanol–water partition coefficient (Wildman–Crippen LogP) is 6.63. The Morgan fingerprint density at radius 3 is 1.92 bits per heavy atom. The smallest absolute Gasteiger partial charge is 0.0650 e. The van der Waals surface area contributed by atoms with E-state index in [1.807, 2.05) is 0 Å². The van der Waals surface area contributed by atoms with E-state index in [4.69, 9.17) is 0 Å². The van der Waals surface area contributed by atoms with Crippen LogP contribution in [0.2, 0.25) is 18.1 Å². The van der Waals surface area contributed by atoms with Gasteiger partial charge in [0.1, 0.15) is 0 Å². The zero-order valence-electron chi connectivity index (χ0n) is 16.1. The molecular formula is C22H33BrSi. The first-order valence-electron chi connectivity index (χ1n) is 9.91. The molecule has 0 saturated heterocycles. The van der Waals surface area contributed by atoms with Gasteiger partial charge in [0, 0.05) is 4.47 Å². The van der Waals surface area contributed by atoms with Crippen molar-refractivity contribution in [2.45, 2.75) is 82.8 Å². The van der Waals surface area contributed by atoms with Crippen LogP contribution in [0, 0.1) is 17.8 Å². The van der Waals surface area contributed by atoms with E-state index in [0.717, 1.165) is 17.8 Å². The summed E-state index contributed by atoms with van der Waals surface area (Å²) in [5.74, 6) is 3.06. The van der Waals surface area contributed by atoms with Crippen LogP contribution in [-0.4, -0.2) is 8.07 Å². The van der Waals surface area contributed by atoms with Gasteiger partial charge < -0.3 is 0 Å². The molecule has 0 heterocycles. The molecular weight excluding hydrogens is 372 g/mol. The van der Waals surface area contributed by atoms with Crippen molar-refractivity contribution in [2.75, 3.05) is 0 Å². The van der Waals surface area contributed by atoms with Crippen LogP contribution in [0.4, 0.5) is 0 Å². The van der Waals surface area contributed by atoms with Crippen molar-refractivity contribution in [3.8, 4) is 0 Å². The minimum Gasteiger partial charge on any atom is -0.0650 e. The molecule has 4 aliphatic rings. The number of hydrogen-bond donors (Lipinski definition) is 0. The minimum atomic E-state index is -1.54. The lowest BCUT2D eigenvalue weighted by Gasteiger charge is -2.58. The molecule has 4 fully saturated rings. The number of rotatable bonds is 2. The molecule has 5 rings (SSSR count). The van der Waals surface area contributed by atoms with E-state index < -0.39 is 8.07 Å². The van der Waals surface area contributed by atoms with E-state index >= 15 is 0 Å². The lowest BCUT2D eigenvalue weighted by molar-refractivity contribution is -0.00476. The highest BCUT2D eigenvalue weighted by atomic mass is 79.9. The fourth-order valence-corrected chi connectivity index (χ4v) is 9.26. The molecule has 0 amide bonds. The van der Waals surface area contributed by atoms with E-state index in [-0.39, 0.29) is 0 Å². The monoisotopic (exact) mass is 404 g/mol. The summed E-state index contributed by atoms with van der Waals surface area (Å²) >= 11 is 3.79. The molecule has 0 spiro atoms. The molecule has 2 heteroatoms. The molecule has 1 aromatic rings. The summed E-state index contributed by atoms with van der Waals surface area (Å²) in [6.45, 7) is 12.6. The molecule has 132 valence electrons. The van der Waals surface area contributed by atoms with Gasteiger partial charge >= 0.3 is 0 Å². The van der Waals surface area contributed by atoms with Gasteiger partial charge in [0.05, 0.1) is 8.07 Å². The lowest BCUT2D eigenvalue weighted by atomic mass is 9.48. The molecule has 0 atom stereocenters. The second kappa shape index (κ2) is 5.46. The molecule has 0 unspecified atom stereocenters. The van der Waals surface area contributed by atoms with Gasteiger partial charge in [-0.25, -0.2) is 0 Å². The Balaban J connectivity index is 1.85. The first kappa shape index (κ1) is 17.3. The van der Waals surface area contributed by atoms with E-state index in [9.17, 15) is 0 Å². The summed E-state index contributed by atoms with van der Waals surface area (Å²) in [5, 5.41) is 2.14. The summed E-state index contributed by atoms with van der Waals surface area (Å²) < 4.78 is 1.27. The van der Waals surface area contributed by atoms with Gasteiger partial charge in [-0.2, -0.15) is 0 Å². The van der Waals surface area contributed by atoms with Crippen molar-refractivity contribution < 1.29 is 0 Å². The Labute approximate surface area is 158 Å².